The average Bonchev–Trinajstić information content (AvgIpc) is 2.14. The number of ketones is 1. The van der Waals surface area contributed by atoms with Gasteiger partial charge in [0.25, 0.3) is 0 Å². The zero-order valence-electron chi connectivity index (χ0n) is 11.5. The molecule has 0 unspecified atom stereocenters. The van der Waals surface area contributed by atoms with Gasteiger partial charge in [0.1, 0.15) is 5.78 Å². The molecule has 1 fully saturated rings. The van der Waals surface area contributed by atoms with Gasteiger partial charge in [-0.3, -0.25) is 4.79 Å². The molecule has 0 amide bonds. The molecule has 0 bridgehead atoms. The molecule has 92 valence electrons. The zero-order chi connectivity index (χ0) is 12.3. The Morgan fingerprint density at radius 3 is 2.50 bits per heavy atom. The largest absolute Gasteiger partial charge is 0.299 e. The molecule has 0 heterocycles. The smallest absolute Gasteiger partial charge is 0.136 e. The van der Waals surface area contributed by atoms with E-state index in [0.717, 1.165) is 19.3 Å². The molecule has 0 saturated heterocycles. The molecule has 0 aromatic carbocycles. The van der Waals surface area contributed by atoms with Gasteiger partial charge in [0.2, 0.25) is 0 Å². The lowest BCUT2D eigenvalue weighted by atomic mass is 9.67. The minimum absolute atomic E-state index is 0.133. The van der Waals surface area contributed by atoms with E-state index in [1.807, 2.05) is 0 Å². The predicted molar refractivity (Wildman–Crippen MR) is 69.3 cm³/mol. The number of carbonyl (C=O) groups is 1. The van der Waals surface area contributed by atoms with E-state index in [2.05, 4.69) is 40.7 Å². The minimum Gasteiger partial charge on any atom is -0.299 e. The van der Waals surface area contributed by atoms with Gasteiger partial charge in [-0.25, -0.2) is 0 Å². The number of hydrogen-bond acceptors (Lipinski definition) is 1. The Labute approximate surface area is 100 Å². The first-order valence-corrected chi connectivity index (χ1v) is 6.49. The summed E-state index contributed by atoms with van der Waals surface area (Å²) in [6.07, 6.45) is 6.40. The van der Waals surface area contributed by atoms with Crippen molar-refractivity contribution in [2.45, 2.75) is 60.3 Å². The Balaban J connectivity index is 2.68. The molecule has 0 aliphatic heterocycles. The normalized spacial score (nSPS) is 26.7. The van der Waals surface area contributed by atoms with Crippen LogP contribution in [0.1, 0.15) is 60.3 Å². The van der Waals surface area contributed by atoms with Gasteiger partial charge in [0.05, 0.1) is 0 Å². The molecule has 1 aliphatic carbocycles. The Morgan fingerprint density at radius 2 is 2.00 bits per heavy atom. The second-order valence-electron chi connectivity index (χ2n) is 6.38. The molecular weight excluding hydrogens is 196 g/mol. The zero-order valence-corrected chi connectivity index (χ0v) is 11.5. The maximum Gasteiger partial charge on any atom is 0.136 e. The van der Waals surface area contributed by atoms with Crippen molar-refractivity contribution >= 4 is 5.78 Å². The van der Waals surface area contributed by atoms with Crippen LogP contribution in [-0.4, -0.2) is 5.78 Å². The topological polar surface area (TPSA) is 17.1 Å². The van der Waals surface area contributed by atoms with E-state index in [-0.39, 0.29) is 11.3 Å². The maximum atomic E-state index is 12.1. The molecule has 0 spiro atoms. The van der Waals surface area contributed by atoms with Crippen LogP contribution in [0.4, 0.5) is 0 Å². The first-order chi connectivity index (χ1) is 7.33. The second kappa shape index (κ2) is 5.16. The molecule has 0 aromatic heterocycles. The Bertz CT molecular complexity index is 282. The summed E-state index contributed by atoms with van der Waals surface area (Å²) in [5.41, 5.74) is 1.49. The van der Waals surface area contributed by atoms with E-state index in [9.17, 15) is 4.79 Å². The highest BCUT2D eigenvalue weighted by Crippen LogP contribution is 2.40. The van der Waals surface area contributed by atoms with E-state index in [1.165, 1.54) is 12.0 Å². The van der Waals surface area contributed by atoms with Crippen molar-refractivity contribution in [3.63, 3.8) is 0 Å². The van der Waals surface area contributed by atoms with Gasteiger partial charge in [-0.05, 0) is 44.4 Å². The van der Waals surface area contributed by atoms with Crippen molar-refractivity contribution in [1.29, 1.82) is 0 Å². The van der Waals surface area contributed by atoms with Crippen LogP contribution in [0.5, 0.6) is 0 Å². The van der Waals surface area contributed by atoms with E-state index in [0.29, 0.717) is 11.7 Å². The summed E-state index contributed by atoms with van der Waals surface area (Å²) < 4.78 is 0. The van der Waals surface area contributed by atoms with Gasteiger partial charge in [-0.2, -0.15) is 0 Å². The Morgan fingerprint density at radius 1 is 1.38 bits per heavy atom. The van der Waals surface area contributed by atoms with Crippen LogP contribution in [0, 0.1) is 17.3 Å². The fraction of sp³-hybridized carbons (Fsp3) is 0.800. The van der Waals surface area contributed by atoms with E-state index >= 15 is 0 Å². The second-order valence-corrected chi connectivity index (χ2v) is 6.38. The fourth-order valence-corrected chi connectivity index (χ4v) is 2.64. The lowest BCUT2D eigenvalue weighted by Crippen LogP contribution is -2.35. The van der Waals surface area contributed by atoms with Gasteiger partial charge in [-0.1, -0.05) is 32.4 Å². The third-order valence-electron chi connectivity index (χ3n) is 3.87. The molecule has 1 heteroatoms. The van der Waals surface area contributed by atoms with Crippen molar-refractivity contribution in [3.8, 4) is 0 Å². The SMILES string of the molecule is CC(C)=CCC(C)(C)[C@@H]1CC[C@@H](C)CC1=O. The summed E-state index contributed by atoms with van der Waals surface area (Å²) in [6.45, 7) is 10.9. The molecular formula is C15H26O. The van der Waals surface area contributed by atoms with Crippen molar-refractivity contribution < 1.29 is 4.79 Å². The minimum atomic E-state index is 0.133. The highest BCUT2D eigenvalue weighted by Gasteiger charge is 2.37. The number of hydrogen-bond donors (Lipinski definition) is 0. The summed E-state index contributed by atoms with van der Waals surface area (Å²) in [6, 6.07) is 0. The first kappa shape index (κ1) is 13.5. The third kappa shape index (κ3) is 3.47. The lowest BCUT2D eigenvalue weighted by molar-refractivity contribution is -0.129. The van der Waals surface area contributed by atoms with Gasteiger partial charge in [0.15, 0.2) is 0 Å². The fourth-order valence-electron chi connectivity index (χ4n) is 2.64. The van der Waals surface area contributed by atoms with Gasteiger partial charge in [-0.15, -0.1) is 0 Å². The van der Waals surface area contributed by atoms with Gasteiger partial charge >= 0.3 is 0 Å². The number of carbonyl (C=O) groups excluding carboxylic acids is 1. The first-order valence-electron chi connectivity index (χ1n) is 6.49. The summed E-state index contributed by atoms with van der Waals surface area (Å²) in [5, 5.41) is 0. The van der Waals surface area contributed by atoms with Crippen molar-refractivity contribution in [2.75, 3.05) is 0 Å². The standard InChI is InChI=1S/C15H26O/c1-11(2)8-9-15(4,5)13-7-6-12(3)10-14(13)16/h8,12-13H,6-7,9-10H2,1-5H3/t12-,13-/m1/s1. The van der Waals surface area contributed by atoms with Gasteiger partial charge in [0, 0.05) is 12.3 Å². The summed E-state index contributed by atoms with van der Waals surface area (Å²) in [4.78, 5) is 12.1. The van der Waals surface area contributed by atoms with E-state index < -0.39 is 0 Å². The van der Waals surface area contributed by atoms with Crippen molar-refractivity contribution in [3.05, 3.63) is 11.6 Å². The Hall–Kier alpha value is -0.590. The van der Waals surface area contributed by atoms with Crippen LogP contribution in [0.15, 0.2) is 11.6 Å². The molecule has 0 radical (unpaired) electrons. The summed E-state index contributed by atoms with van der Waals surface area (Å²) >= 11 is 0. The predicted octanol–water partition coefficient (Wildman–Crippen LogP) is 4.37. The highest BCUT2D eigenvalue weighted by molar-refractivity contribution is 5.82. The van der Waals surface area contributed by atoms with E-state index in [4.69, 9.17) is 0 Å². The number of allylic oxidation sites excluding steroid dienone is 2. The van der Waals surface area contributed by atoms with Crippen LogP contribution in [0.3, 0.4) is 0 Å². The quantitative estimate of drug-likeness (QED) is 0.648. The van der Waals surface area contributed by atoms with Crippen LogP contribution in [-0.2, 0) is 4.79 Å². The van der Waals surface area contributed by atoms with E-state index in [1.54, 1.807) is 0 Å². The molecule has 16 heavy (non-hydrogen) atoms. The maximum absolute atomic E-state index is 12.1. The Kier molecular flexibility index (Phi) is 4.35. The van der Waals surface area contributed by atoms with Gasteiger partial charge < -0.3 is 0 Å². The monoisotopic (exact) mass is 222 g/mol. The number of rotatable bonds is 3. The number of Topliss-reactive ketones (excluding diaryl/α,β-unsaturated/α-hetero) is 1. The van der Waals surface area contributed by atoms with Crippen LogP contribution >= 0.6 is 0 Å². The molecule has 1 nitrogen and oxygen atoms in total. The average molecular weight is 222 g/mol. The van der Waals surface area contributed by atoms with Crippen LogP contribution in [0.25, 0.3) is 0 Å². The third-order valence-corrected chi connectivity index (χ3v) is 3.87. The molecule has 1 rings (SSSR count). The summed E-state index contributed by atoms with van der Waals surface area (Å²) in [5.74, 6) is 1.37. The molecule has 1 saturated carbocycles. The highest BCUT2D eigenvalue weighted by atomic mass is 16.1. The van der Waals surface area contributed by atoms with Crippen LogP contribution in [0.2, 0.25) is 0 Å². The lowest BCUT2D eigenvalue weighted by Gasteiger charge is -2.37. The molecule has 0 aromatic rings. The molecule has 2 atom stereocenters. The van der Waals surface area contributed by atoms with Crippen molar-refractivity contribution in [2.24, 2.45) is 17.3 Å². The molecule has 1 aliphatic rings. The van der Waals surface area contributed by atoms with Crippen molar-refractivity contribution in [1.82, 2.24) is 0 Å². The molecule has 0 N–H and O–H groups in total. The van der Waals surface area contributed by atoms with Crippen LogP contribution < -0.4 is 0 Å². The summed E-state index contributed by atoms with van der Waals surface area (Å²) in [7, 11) is 0.